The van der Waals surface area contributed by atoms with E-state index >= 15 is 0 Å². The maximum atomic E-state index is 5.75. The summed E-state index contributed by atoms with van der Waals surface area (Å²) in [6.07, 6.45) is 0.905. The molecule has 0 amide bonds. The van der Waals surface area contributed by atoms with Crippen LogP contribution in [0.5, 0.6) is 5.75 Å². The summed E-state index contributed by atoms with van der Waals surface area (Å²) in [5.41, 5.74) is 9.02. The minimum Gasteiger partial charge on any atom is -0.491 e. The van der Waals surface area contributed by atoms with Gasteiger partial charge in [0.15, 0.2) is 0 Å². The molecule has 0 unspecified atom stereocenters. The lowest BCUT2D eigenvalue weighted by Crippen LogP contribution is -2.11. The molecule has 0 spiro atoms. The van der Waals surface area contributed by atoms with Crippen LogP contribution in [0.2, 0.25) is 0 Å². The summed E-state index contributed by atoms with van der Waals surface area (Å²) in [7, 11) is 0. The van der Waals surface area contributed by atoms with E-state index in [0.29, 0.717) is 26.4 Å². The highest BCUT2D eigenvalue weighted by Gasteiger charge is 2.04. The minimum atomic E-state index is 0.593. The lowest BCUT2D eigenvalue weighted by Gasteiger charge is -2.13. The monoisotopic (exact) mass is 237 g/mol. The molecule has 3 nitrogen and oxygen atoms in total. The molecule has 0 heterocycles. The smallest absolute Gasteiger partial charge is 0.125 e. The van der Waals surface area contributed by atoms with Gasteiger partial charge in [0, 0.05) is 6.61 Å². The molecule has 0 saturated heterocycles. The van der Waals surface area contributed by atoms with Crippen LogP contribution in [0.25, 0.3) is 0 Å². The molecule has 0 aromatic heterocycles. The maximum absolute atomic E-state index is 5.75. The fourth-order valence-corrected chi connectivity index (χ4v) is 1.88. The fourth-order valence-electron chi connectivity index (χ4n) is 1.88. The summed E-state index contributed by atoms with van der Waals surface area (Å²) >= 11 is 0. The van der Waals surface area contributed by atoms with Gasteiger partial charge in [-0.05, 0) is 44.9 Å². The van der Waals surface area contributed by atoms with Crippen molar-refractivity contribution in [1.82, 2.24) is 0 Å². The van der Waals surface area contributed by atoms with Gasteiger partial charge in [-0.1, -0.05) is 17.7 Å². The van der Waals surface area contributed by atoms with E-state index in [1.807, 2.05) is 0 Å². The van der Waals surface area contributed by atoms with Gasteiger partial charge < -0.3 is 15.2 Å². The number of nitrogens with two attached hydrogens (primary N) is 1. The molecule has 0 bridgehead atoms. The molecule has 96 valence electrons. The molecule has 2 N–H and O–H groups in total. The van der Waals surface area contributed by atoms with E-state index in [9.17, 15) is 0 Å². The maximum Gasteiger partial charge on any atom is 0.125 e. The Morgan fingerprint density at radius 3 is 2.24 bits per heavy atom. The zero-order chi connectivity index (χ0) is 12.7. The second-order valence-electron chi connectivity index (χ2n) is 4.33. The van der Waals surface area contributed by atoms with E-state index in [1.54, 1.807) is 0 Å². The molecular formula is C14H23NO2. The largest absolute Gasteiger partial charge is 0.491 e. The van der Waals surface area contributed by atoms with Gasteiger partial charge in [0.2, 0.25) is 0 Å². The number of rotatable bonds is 7. The van der Waals surface area contributed by atoms with Crippen LogP contribution in [-0.2, 0) is 4.74 Å². The van der Waals surface area contributed by atoms with Gasteiger partial charge in [-0.15, -0.1) is 0 Å². The number of hydrogen-bond acceptors (Lipinski definition) is 3. The number of hydrogen-bond donors (Lipinski definition) is 1. The predicted octanol–water partition coefficient (Wildman–Crippen LogP) is 2.36. The lowest BCUT2D eigenvalue weighted by atomic mass is 10.1. The summed E-state index contributed by atoms with van der Waals surface area (Å²) in [6.45, 7) is 8.85. The second-order valence-corrected chi connectivity index (χ2v) is 4.33. The third kappa shape index (κ3) is 4.75. The van der Waals surface area contributed by atoms with Gasteiger partial charge in [0.1, 0.15) is 12.4 Å². The first kappa shape index (κ1) is 14.0. The summed E-state index contributed by atoms with van der Waals surface area (Å²) < 4.78 is 11.1. The van der Waals surface area contributed by atoms with E-state index in [2.05, 4.69) is 32.9 Å². The molecule has 0 saturated carbocycles. The van der Waals surface area contributed by atoms with Crippen molar-refractivity contribution < 1.29 is 9.47 Å². The Morgan fingerprint density at radius 1 is 1.00 bits per heavy atom. The van der Waals surface area contributed by atoms with Crippen molar-refractivity contribution in [2.45, 2.75) is 27.2 Å². The van der Waals surface area contributed by atoms with Gasteiger partial charge in [-0.3, -0.25) is 0 Å². The molecule has 17 heavy (non-hydrogen) atoms. The van der Waals surface area contributed by atoms with Crippen LogP contribution in [0.4, 0.5) is 0 Å². The van der Waals surface area contributed by atoms with Crippen molar-refractivity contribution in [3.63, 3.8) is 0 Å². The molecule has 0 aliphatic rings. The first-order valence-electron chi connectivity index (χ1n) is 6.13. The molecule has 0 aliphatic carbocycles. The van der Waals surface area contributed by atoms with Crippen molar-refractivity contribution in [1.29, 1.82) is 0 Å². The van der Waals surface area contributed by atoms with E-state index in [1.165, 1.54) is 16.7 Å². The number of benzene rings is 1. The van der Waals surface area contributed by atoms with Crippen molar-refractivity contribution in [2.75, 3.05) is 26.4 Å². The van der Waals surface area contributed by atoms with Crippen LogP contribution in [0.15, 0.2) is 12.1 Å². The fraction of sp³-hybridized carbons (Fsp3) is 0.571. The van der Waals surface area contributed by atoms with Crippen LogP contribution in [0.3, 0.4) is 0 Å². The Bertz CT molecular complexity index is 327. The van der Waals surface area contributed by atoms with Gasteiger partial charge in [0.05, 0.1) is 6.61 Å². The highest BCUT2D eigenvalue weighted by Crippen LogP contribution is 2.24. The van der Waals surface area contributed by atoms with E-state index < -0.39 is 0 Å². The molecule has 0 radical (unpaired) electrons. The summed E-state index contributed by atoms with van der Waals surface area (Å²) in [5, 5.41) is 0. The summed E-state index contributed by atoms with van der Waals surface area (Å²) in [5.74, 6) is 0.984. The SMILES string of the molecule is Cc1cc(C)c(OCCOCCCN)c(C)c1. The highest BCUT2D eigenvalue weighted by atomic mass is 16.5. The Morgan fingerprint density at radius 2 is 1.65 bits per heavy atom. The normalized spacial score (nSPS) is 10.6. The lowest BCUT2D eigenvalue weighted by molar-refractivity contribution is 0.0990. The van der Waals surface area contributed by atoms with Crippen LogP contribution < -0.4 is 10.5 Å². The standard InChI is InChI=1S/C14H23NO2/c1-11-9-12(2)14(13(3)10-11)17-8-7-16-6-4-5-15/h9-10H,4-8,15H2,1-3H3. The molecule has 0 fully saturated rings. The van der Waals surface area contributed by atoms with Gasteiger partial charge >= 0.3 is 0 Å². The minimum absolute atomic E-state index is 0.593. The Balaban J connectivity index is 2.36. The third-order valence-corrected chi connectivity index (χ3v) is 2.57. The Labute approximate surface area is 104 Å². The Hall–Kier alpha value is -1.06. The van der Waals surface area contributed by atoms with Crippen LogP contribution >= 0.6 is 0 Å². The molecular weight excluding hydrogens is 214 g/mol. The van der Waals surface area contributed by atoms with Crippen LogP contribution in [0, 0.1) is 20.8 Å². The molecule has 1 rings (SSSR count). The molecule has 3 heteroatoms. The average Bonchev–Trinajstić information content (AvgIpc) is 2.26. The van der Waals surface area contributed by atoms with Crippen LogP contribution in [0.1, 0.15) is 23.1 Å². The second kappa shape index (κ2) is 7.30. The van der Waals surface area contributed by atoms with E-state index in [-0.39, 0.29) is 0 Å². The first-order chi connectivity index (χ1) is 8.15. The average molecular weight is 237 g/mol. The van der Waals surface area contributed by atoms with Crippen LogP contribution in [-0.4, -0.2) is 26.4 Å². The first-order valence-corrected chi connectivity index (χ1v) is 6.13. The zero-order valence-corrected chi connectivity index (χ0v) is 11.1. The van der Waals surface area contributed by atoms with Crippen molar-refractivity contribution in [3.05, 3.63) is 28.8 Å². The van der Waals surface area contributed by atoms with Gasteiger partial charge in [0.25, 0.3) is 0 Å². The van der Waals surface area contributed by atoms with Crippen molar-refractivity contribution >= 4 is 0 Å². The topological polar surface area (TPSA) is 44.5 Å². The van der Waals surface area contributed by atoms with Gasteiger partial charge in [-0.25, -0.2) is 0 Å². The zero-order valence-electron chi connectivity index (χ0n) is 11.1. The number of ether oxygens (including phenoxy) is 2. The Kier molecular flexibility index (Phi) is 6.01. The van der Waals surface area contributed by atoms with E-state index in [4.69, 9.17) is 15.2 Å². The predicted molar refractivity (Wildman–Crippen MR) is 70.6 cm³/mol. The van der Waals surface area contributed by atoms with Gasteiger partial charge in [-0.2, -0.15) is 0 Å². The third-order valence-electron chi connectivity index (χ3n) is 2.57. The summed E-state index contributed by atoms with van der Waals surface area (Å²) in [4.78, 5) is 0. The number of aryl methyl sites for hydroxylation is 3. The quantitative estimate of drug-likeness (QED) is 0.740. The molecule has 0 aliphatic heterocycles. The van der Waals surface area contributed by atoms with Crippen molar-refractivity contribution in [3.8, 4) is 5.75 Å². The van der Waals surface area contributed by atoms with E-state index in [0.717, 1.165) is 12.2 Å². The molecule has 0 atom stereocenters. The van der Waals surface area contributed by atoms with Crippen molar-refractivity contribution in [2.24, 2.45) is 5.73 Å². The summed E-state index contributed by atoms with van der Waals surface area (Å²) in [6, 6.07) is 4.27. The highest BCUT2D eigenvalue weighted by molar-refractivity contribution is 5.42. The molecule has 1 aromatic carbocycles. The molecule has 1 aromatic rings.